The SMILES string of the molecule is CCOC1(c2nc(C)c(Br)c(Cl)n2)CCOCC1. The summed E-state index contributed by atoms with van der Waals surface area (Å²) in [5, 5.41) is 0.433. The maximum absolute atomic E-state index is 6.12. The zero-order chi connectivity index (χ0) is 13.2. The Morgan fingerprint density at radius 2 is 2.06 bits per heavy atom. The van der Waals surface area contributed by atoms with Gasteiger partial charge in [0.05, 0.1) is 10.2 Å². The Morgan fingerprint density at radius 1 is 1.39 bits per heavy atom. The van der Waals surface area contributed by atoms with E-state index in [1.54, 1.807) is 0 Å². The predicted octanol–water partition coefficient (Wildman–Crippen LogP) is 3.24. The van der Waals surface area contributed by atoms with E-state index in [-0.39, 0.29) is 0 Å². The number of aryl methyl sites for hydroxylation is 1. The molecular weight excluding hydrogens is 320 g/mol. The second-order valence-electron chi connectivity index (χ2n) is 4.28. The molecule has 1 aromatic rings. The molecule has 0 aromatic carbocycles. The summed E-state index contributed by atoms with van der Waals surface area (Å²) >= 11 is 9.49. The van der Waals surface area contributed by atoms with Crippen molar-refractivity contribution in [2.24, 2.45) is 0 Å². The highest BCUT2D eigenvalue weighted by Gasteiger charge is 2.38. The molecule has 1 aliphatic rings. The van der Waals surface area contributed by atoms with E-state index in [0.717, 1.165) is 23.0 Å². The van der Waals surface area contributed by atoms with Crippen molar-refractivity contribution in [1.82, 2.24) is 9.97 Å². The zero-order valence-corrected chi connectivity index (χ0v) is 12.8. The van der Waals surface area contributed by atoms with Crippen molar-refractivity contribution in [2.75, 3.05) is 19.8 Å². The van der Waals surface area contributed by atoms with Crippen molar-refractivity contribution in [2.45, 2.75) is 32.3 Å². The third-order valence-electron chi connectivity index (χ3n) is 3.11. The summed E-state index contributed by atoms with van der Waals surface area (Å²) in [6.07, 6.45) is 1.52. The molecule has 0 radical (unpaired) electrons. The third-order valence-corrected chi connectivity index (χ3v) is 4.56. The summed E-state index contributed by atoms with van der Waals surface area (Å²) in [6, 6.07) is 0. The van der Waals surface area contributed by atoms with E-state index in [4.69, 9.17) is 21.1 Å². The van der Waals surface area contributed by atoms with Gasteiger partial charge < -0.3 is 9.47 Å². The van der Waals surface area contributed by atoms with Crippen LogP contribution in [-0.4, -0.2) is 29.8 Å². The highest BCUT2D eigenvalue weighted by molar-refractivity contribution is 9.10. The number of halogens is 2. The summed E-state index contributed by atoms with van der Waals surface area (Å²) in [6.45, 7) is 5.83. The van der Waals surface area contributed by atoms with Gasteiger partial charge in [0.25, 0.3) is 0 Å². The second-order valence-corrected chi connectivity index (χ2v) is 5.43. The number of ether oxygens (including phenoxy) is 2. The van der Waals surface area contributed by atoms with E-state index in [2.05, 4.69) is 25.9 Å². The number of nitrogens with zero attached hydrogens (tertiary/aromatic N) is 2. The van der Waals surface area contributed by atoms with E-state index in [1.165, 1.54) is 0 Å². The quantitative estimate of drug-likeness (QED) is 0.795. The van der Waals surface area contributed by atoms with Crippen molar-refractivity contribution in [3.8, 4) is 0 Å². The molecule has 0 N–H and O–H groups in total. The van der Waals surface area contributed by atoms with Crippen molar-refractivity contribution < 1.29 is 9.47 Å². The van der Waals surface area contributed by atoms with Crippen molar-refractivity contribution in [3.05, 3.63) is 21.1 Å². The first kappa shape index (κ1) is 14.2. The Balaban J connectivity index is 2.42. The fourth-order valence-corrected chi connectivity index (χ4v) is 2.53. The predicted molar refractivity (Wildman–Crippen MR) is 72.8 cm³/mol. The Labute approximate surface area is 120 Å². The van der Waals surface area contributed by atoms with Crippen LogP contribution < -0.4 is 0 Å². The molecular formula is C12H16BrClN2O2. The number of hydrogen-bond acceptors (Lipinski definition) is 4. The Morgan fingerprint density at radius 3 is 2.61 bits per heavy atom. The molecule has 2 heterocycles. The molecule has 4 nitrogen and oxygen atoms in total. The summed E-state index contributed by atoms with van der Waals surface area (Å²) < 4.78 is 12.1. The monoisotopic (exact) mass is 334 g/mol. The summed E-state index contributed by atoms with van der Waals surface area (Å²) in [5.74, 6) is 0.665. The molecule has 0 saturated carbocycles. The molecule has 1 aromatic heterocycles. The molecule has 1 saturated heterocycles. The first-order valence-electron chi connectivity index (χ1n) is 6.01. The minimum Gasteiger partial charge on any atom is -0.381 e. The normalized spacial score (nSPS) is 18.9. The van der Waals surface area contributed by atoms with Crippen LogP contribution in [0.2, 0.25) is 5.15 Å². The lowest BCUT2D eigenvalue weighted by molar-refractivity contribution is -0.117. The van der Waals surface area contributed by atoms with Gasteiger partial charge in [0, 0.05) is 32.7 Å². The molecule has 1 fully saturated rings. The number of hydrogen-bond donors (Lipinski definition) is 0. The zero-order valence-electron chi connectivity index (χ0n) is 10.5. The highest BCUT2D eigenvalue weighted by atomic mass is 79.9. The fraction of sp³-hybridized carbons (Fsp3) is 0.667. The van der Waals surface area contributed by atoms with Crippen LogP contribution in [0.25, 0.3) is 0 Å². The Hall–Kier alpha value is -0.230. The molecule has 2 rings (SSSR count). The largest absolute Gasteiger partial charge is 0.381 e. The van der Waals surface area contributed by atoms with Crippen LogP contribution in [0.4, 0.5) is 0 Å². The van der Waals surface area contributed by atoms with E-state index in [9.17, 15) is 0 Å². The van der Waals surface area contributed by atoms with Gasteiger partial charge in [-0.3, -0.25) is 0 Å². The highest BCUT2D eigenvalue weighted by Crippen LogP contribution is 2.36. The van der Waals surface area contributed by atoms with Crippen LogP contribution in [0.15, 0.2) is 4.47 Å². The summed E-state index contributed by atoms with van der Waals surface area (Å²) in [7, 11) is 0. The molecule has 1 aliphatic heterocycles. The van der Waals surface area contributed by atoms with Crippen molar-refractivity contribution >= 4 is 27.5 Å². The van der Waals surface area contributed by atoms with Crippen LogP contribution in [0.1, 0.15) is 31.3 Å². The van der Waals surface area contributed by atoms with E-state index >= 15 is 0 Å². The van der Waals surface area contributed by atoms with Gasteiger partial charge >= 0.3 is 0 Å². The van der Waals surface area contributed by atoms with Crippen LogP contribution in [0.5, 0.6) is 0 Å². The van der Waals surface area contributed by atoms with Crippen molar-refractivity contribution in [1.29, 1.82) is 0 Å². The summed E-state index contributed by atoms with van der Waals surface area (Å²) in [4.78, 5) is 8.90. The minimum atomic E-state index is -0.456. The standard InChI is InChI=1S/C12H16BrClN2O2/c1-3-18-12(4-6-17-7-5-12)11-15-8(2)9(13)10(14)16-11/h3-7H2,1-2H3. The molecule has 0 amide bonds. The average Bonchev–Trinajstić information content (AvgIpc) is 2.37. The topological polar surface area (TPSA) is 44.2 Å². The number of aromatic nitrogens is 2. The van der Waals surface area contributed by atoms with Gasteiger partial charge in [0.15, 0.2) is 5.82 Å². The second kappa shape index (κ2) is 5.82. The fourth-order valence-electron chi connectivity index (χ4n) is 2.14. The lowest BCUT2D eigenvalue weighted by Gasteiger charge is -2.35. The molecule has 18 heavy (non-hydrogen) atoms. The third kappa shape index (κ3) is 2.69. The van der Waals surface area contributed by atoms with Gasteiger partial charge in [-0.15, -0.1) is 0 Å². The van der Waals surface area contributed by atoms with Gasteiger partial charge in [0.1, 0.15) is 10.8 Å². The number of rotatable bonds is 3. The van der Waals surface area contributed by atoms with Crippen LogP contribution in [0, 0.1) is 6.92 Å². The van der Waals surface area contributed by atoms with Gasteiger partial charge in [0.2, 0.25) is 0 Å². The van der Waals surface area contributed by atoms with Gasteiger partial charge in [-0.1, -0.05) is 11.6 Å². The molecule has 6 heteroatoms. The summed E-state index contributed by atoms with van der Waals surface area (Å²) in [5.41, 5.74) is 0.373. The Kier molecular flexibility index (Phi) is 4.59. The first-order valence-corrected chi connectivity index (χ1v) is 7.18. The van der Waals surface area contributed by atoms with E-state index < -0.39 is 5.60 Å². The molecule has 0 spiro atoms. The maximum Gasteiger partial charge on any atom is 0.162 e. The van der Waals surface area contributed by atoms with E-state index in [1.807, 2.05) is 13.8 Å². The Bertz CT molecular complexity index is 408. The van der Waals surface area contributed by atoms with Gasteiger partial charge in [-0.25, -0.2) is 9.97 Å². The maximum atomic E-state index is 6.12. The van der Waals surface area contributed by atoms with Gasteiger partial charge in [-0.2, -0.15) is 0 Å². The first-order chi connectivity index (χ1) is 8.59. The lowest BCUT2D eigenvalue weighted by Crippen LogP contribution is -2.38. The van der Waals surface area contributed by atoms with E-state index in [0.29, 0.717) is 30.8 Å². The van der Waals surface area contributed by atoms with Crippen molar-refractivity contribution in [3.63, 3.8) is 0 Å². The van der Waals surface area contributed by atoms with Crippen LogP contribution in [-0.2, 0) is 15.1 Å². The molecule has 100 valence electrons. The molecule has 0 unspecified atom stereocenters. The smallest absolute Gasteiger partial charge is 0.162 e. The lowest BCUT2D eigenvalue weighted by atomic mass is 9.93. The molecule has 0 bridgehead atoms. The molecule has 0 aliphatic carbocycles. The molecule has 0 atom stereocenters. The van der Waals surface area contributed by atoms with Crippen LogP contribution >= 0.6 is 27.5 Å². The minimum absolute atomic E-state index is 0.433. The van der Waals surface area contributed by atoms with Crippen LogP contribution in [0.3, 0.4) is 0 Å². The average molecular weight is 336 g/mol. The van der Waals surface area contributed by atoms with Gasteiger partial charge in [-0.05, 0) is 29.8 Å².